The van der Waals surface area contributed by atoms with E-state index in [1.54, 1.807) is 25.3 Å². The topological polar surface area (TPSA) is 51.7 Å². The fourth-order valence-electron chi connectivity index (χ4n) is 4.63. The van der Waals surface area contributed by atoms with Gasteiger partial charge in [-0.05, 0) is 56.2 Å². The van der Waals surface area contributed by atoms with Crippen LogP contribution in [0.1, 0.15) is 48.9 Å². The van der Waals surface area contributed by atoms with Crippen LogP contribution in [0.4, 0.5) is 13.2 Å². The van der Waals surface area contributed by atoms with Crippen LogP contribution in [0.3, 0.4) is 0 Å². The van der Waals surface area contributed by atoms with Crippen molar-refractivity contribution in [2.45, 2.75) is 56.5 Å². The molecule has 3 aromatic rings. The van der Waals surface area contributed by atoms with Crippen LogP contribution in [0, 0.1) is 0 Å². The summed E-state index contributed by atoms with van der Waals surface area (Å²) in [6, 6.07) is 15.8. The molecule has 0 saturated heterocycles. The molecule has 2 atom stereocenters. The number of esters is 1. The van der Waals surface area contributed by atoms with Gasteiger partial charge in [-0.2, -0.15) is 13.2 Å². The van der Waals surface area contributed by atoms with E-state index in [0.717, 1.165) is 16.5 Å². The summed E-state index contributed by atoms with van der Waals surface area (Å²) in [5, 5.41) is 0. The van der Waals surface area contributed by atoms with Crippen LogP contribution in [0.5, 0.6) is 5.88 Å². The van der Waals surface area contributed by atoms with Crippen LogP contribution in [0.2, 0.25) is 0 Å². The Hall–Kier alpha value is -3.04. The van der Waals surface area contributed by atoms with E-state index in [2.05, 4.69) is 4.98 Å². The lowest BCUT2D eigenvalue weighted by Gasteiger charge is -2.42. The fourth-order valence-corrected chi connectivity index (χ4v) is 5.55. The quantitative estimate of drug-likeness (QED) is 0.244. The first-order valence-corrected chi connectivity index (χ1v) is 13.1. The molecule has 1 aromatic heterocycles. The van der Waals surface area contributed by atoms with Crippen molar-refractivity contribution in [3.63, 3.8) is 0 Å². The van der Waals surface area contributed by atoms with Crippen molar-refractivity contribution < 1.29 is 27.4 Å². The van der Waals surface area contributed by atoms with Crippen molar-refractivity contribution in [1.29, 1.82) is 0 Å². The van der Waals surface area contributed by atoms with E-state index in [9.17, 15) is 18.0 Å². The second-order valence-electron chi connectivity index (χ2n) is 8.95. The van der Waals surface area contributed by atoms with Gasteiger partial charge in [-0.15, -0.1) is 11.8 Å². The van der Waals surface area contributed by atoms with Gasteiger partial charge in [0.05, 0.1) is 24.2 Å². The summed E-state index contributed by atoms with van der Waals surface area (Å²) >= 11 is 1.51. The minimum Gasteiger partial charge on any atom is -0.475 e. The molecule has 0 spiro atoms. The van der Waals surface area contributed by atoms with E-state index in [0.29, 0.717) is 18.0 Å². The molecule has 37 heavy (non-hydrogen) atoms. The molecule has 196 valence electrons. The summed E-state index contributed by atoms with van der Waals surface area (Å²) in [5.41, 5.74) is 0.455. The molecule has 0 amide bonds. The van der Waals surface area contributed by atoms with Crippen LogP contribution < -0.4 is 4.74 Å². The third-order valence-electron chi connectivity index (χ3n) is 6.05. The number of halogens is 3. The van der Waals surface area contributed by atoms with Gasteiger partial charge >= 0.3 is 12.1 Å². The lowest BCUT2D eigenvalue weighted by Crippen LogP contribution is -2.49. The molecular weight excluding hydrogens is 501 g/mol. The molecule has 0 saturated carbocycles. The Morgan fingerprint density at radius 3 is 2.49 bits per heavy atom. The van der Waals surface area contributed by atoms with E-state index in [-0.39, 0.29) is 24.2 Å². The van der Waals surface area contributed by atoms with Crippen molar-refractivity contribution >= 4 is 17.7 Å². The molecule has 4 rings (SSSR count). The lowest BCUT2D eigenvalue weighted by molar-refractivity contribution is -0.151. The molecular formula is C28H29F3N2O3S. The van der Waals surface area contributed by atoms with E-state index < -0.39 is 29.7 Å². The van der Waals surface area contributed by atoms with Crippen LogP contribution in [0.25, 0.3) is 0 Å². The number of fused-ring (bicyclic) bond motifs is 1. The highest BCUT2D eigenvalue weighted by atomic mass is 32.2. The first-order chi connectivity index (χ1) is 17.7. The Kier molecular flexibility index (Phi) is 8.44. The van der Waals surface area contributed by atoms with Gasteiger partial charge in [-0.3, -0.25) is 9.69 Å². The van der Waals surface area contributed by atoms with Crippen LogP contribution in [-0.2, 0) is 22.3 Å². The summed E-state index contributed by atoms with van der Waals surface area (Å²) in [4.78, 5) is 20.7. The molecule has 0 radical (unpaired) electrons. The molecule has 9 heteroatoms. The monoisotopic (exact) mass is 530 g/mol. The highest BCUT2D eigenvalue weighted by Gasteiger charge is 2.47. The fraction of sp³-hybridized carbons (Fsp3) is 0.357. The normalized spacial score (nSPS) is 17.9. The number of alkyl halides is 3. The number of nitrogens with zero attached hydrogens (tertiary/aromatic N) is 2. The van der Waals surface area contributed by atoms with Gasteiger partial charge in [0.15, 0.2) is 0 Å². The molecule has 1 aliphatic heterocycles. The number of benzene rings is 2. The molecule has 2 unspecified atom stereocenters. The Bertz CT molecular complexity index is 1220. The third kappa shape index (κ3) is 6.10. The Morgan fingerprint density at radius 2 is 1.81 bits per heavy atom. The van der Waals surface area contributed by atoms with Gasteiger partial charge < -0.3 is 9.47 Å². The van der Waals surface area contributed by atoms with Crippen molar-refractivity contribution in [3.05, 3.63) is 89.1 Å². The third-order valence-corrected chi connectivity index (χ3v) is 7.12. The summed E-state index contributed by atoms with van der Waals surface area (Å²) < 4.78 is 54.2. The van der Waals surface area contributed by atoms with E-state index in [4.69, 9.17) is 9.47 Å². The van der Waals surface area contributed by atoms with Crippen molar-refractivity contribution in [2.24, 2.45) is 0 Å². The zero-order valence-electron chi connectivity index (χ0n) is 20.9. The summed E-state index contributed by atoms with van der Waals surface area (Å²) in [5.74, 6) is -0.970. The predicted octanol–water partition coefficient (Wildman–Crippen LogP) is 6.52. The Morgan fingerprint density at radius 1 is 1.11 bits per heavy atom. The molecule has 2 heterocycles. The smallest absolute Gasteiger partial charge is 0.416 e. The summed E-state index contributed by atoms with van der Waals surface area (Å²) in [6.45, 7) is 5.78. The van der Waals surface area contributed by atoms with Crippen LogP contribution in [0.15, 0.2) is 71.8 Å². The number of ether oxygens (including phenoxy) is 2. The van der Waals surface area contributed by atoms with E-state index >= 15 is 0 Å². The minimum absolute atomic E-state index is 0.00896. The molecule has 0 bridgehead atoms. The Labute approximate surface area is 219 Å². The zero-order chi connectivity index (χ0) is 26.6. The second-order valence-corrected chi connectivity index (χ2v) is 9.97. The highest BCUT2D eigenvalue weighted by molar-refractivity contribution is 7.99. The number of thioether (sulfide) groups is 1. The largest absolute Gasteiger partial charge is 0.475 e. The lowest BCUT2D eigenvalue weighted by atomic mass is 9.77. The molecule has 2 aromatic carbocycles. The second kappa shape index (κ2) is 11.6. The first-order valence-electron chi connectivity index (χ1n) is 12.1. The maximum atomic E-state index is 14.3. The molecule has 0 N–H and O–H groups in total. The number of hydrogen-bond acceptors (Lipinski definition) is 6. The van der Waals surface area contributed by atoms with Gasteiger partial charge in [-0.1, -0.05) is 36.4 Å². The number of pyridine rings is 1. The van der Waals surface area contributed by atoms with Gasteiger partial charge in [-0.25, -0.2) is 4.98 Å². The highest BCUT2D eigenvalue weighted by Crippen LogP contribution is 2.47. The average molecular weight is 531 g/mol. The van der Waals surface area contributed by atoms with Gasteiger partial charge in [0, 0.05) is 29.1 Å². The van der Waals surface area contributed by atoms with Crippen molar-refractivity contribution in [2.75, 3.05) is 12.5 Å². The van der Waals surface area contributed by atoms with Crippen LogP contribution >= 0.6 is 11.8 Å². The molecule has 5 nitrogen and oxygen atoms in total. The van der Waals surface area contributed by atoms with E-state index in [1.165, 1.54) is 23.9 Å². The number of hydrogen-bond donors (Lipinski definition) is 0. The predicted molar refractivity (Wildman–Crippen MR) is 136 cm³/mol. The standard InChI is InChI=1S/C28H29F3N2O3S/c1-4-35-27(34)25-24(21-12-8-9-13-22(21)28(29,30)31)23-19(14-15-32-26(23)36-18(2)3)16-33(25)17-37-20-10-6-5-7-11-20/h5-15,18,24-25H,4,16-17H2,1-3H3. The number of aromatic nitrogens is 1. The van der Waals surface area contributed by atoms with Crippen molar-refractivity contribution in [1.82, 2.24) is 9.88 Å². The average Bonchev–Trinajstić information content (AvgIpc) is 2.86. The zero-order valence-corrected chi connectivity index (χ0v) is 21.7. The first kappa shape index (κ1) is 27.0. The SMILES string of the molecule is CCOC(=O)C1C(c2ccccc2C(F)(F)F)c2c(ccnc2OC(C)C)CN1CSc1ccccc1. The van der Waals surface area contributed by atoms with Gasteiger partial charge in [0.25, 0.3) is 0 Å². The number of carbonyl (C=O) groups excluding carboxylic acids is 1. The molecule has 0 aliphatic carbocycles. The Balaban J connectivity index is 1.90. The maximum absolute atomic E-state index is 14.3. The van der Waals surface area contributed by atoms with Crippen LogP contribution in [-0.4, -0.2) is 40.5 Å². The number of rotatable bonds is 8. The molecule has 0 fully saturated rings. The molecule has 1 aliphatic rings. The summed E-state index contributed by atoms with van der Waals surface area (Å²) in [6.07, 6.45) is -3.28. The van der Waals surface area contributed by atoms with E-state index in [1.807, 2.05) is 49.1 Å². The van der Waals surface area contributed by atoms with Crippen molar-refractivity contribution in [3.8, 4) is 5.88 Å². The van der Waals surface area contributed by atoms with Gasteiger partial charge in [0.1, 0.15) is 6.04 Å². The number of carbonyl (C=O) groups is 1. The minimum atomic E-state index is -4.61. The maximum Gasteiger partial charge on any atom is 0.416 e. The van der Waals surface area contributed by atoms with Gasteiger partial charge in [0.2, 0.25) is 5.88 Å². The summed E-state index contributed by atoms with van der Waals surface area (Å²) in [7, 11) is 0.